The first-order chi connectivity index (χ1) is 4.93. The minimum atomic E-state index is 0.415. The van der Waals surface area contributed by atoms with E-state index in [0.717, 1.165) is 0 Å². The Labute approximate surface area is 61.4 Å². The molecule has 1 aliphatic carbocycles. The van der Waals surface area contributed by atoms with Crippen molar-refractivity contribution >= 4 is 6.34 Å². The van der Waals surface area contributed by atoms with Crippen LogP contribution in [0.25, 0.3) is 0 Å². The fraction of sp³-hybridized carbons (Fsp3) is 0.857. The third-order valence-electron chi connectivity index (χ3n) is 1.72. The summed E-state index contributed by atoms with van der Waals surface area (Å²) in [6, 6.07) is 0. The first-order valence-corrected chi connectivity index (χ1v) is 3.75. The van der Waals surface area contributed by atoms with Crippen LogP contribution in [0.3, 0.4) is 0 Å². The van der Waals surface area contributed by atoms with E-state index in [1.807, 2.05) is 0 Å². The molecule has 0 spiro atoms. The summed E-state index contributed by atoms with van der Waals surface area (Å²) < 4.78 is 0. The minimum absolute atomic E-state index is 0.415. The fourth-order valence-electron chi connectivity index (χ4n) is 1.19. The zero-order chi connectivity index (χ0) is 7.23. The van der Waals surface area contributed by atoms with Crippen LogP contribution >= 0.6 is 0 Å². The molecule has 0 aromatic carbocycles. The number of hydrogen-bond acceptors (Lipinski definition) is 2. The second-order valence-corrected chi connectivity index (χ2v) is 2.53. The number of aliphatic imine (C=N–C) groups is 1. The van der Waals surface area contributed by atoms with Crippen LogP contribution < -0.4 is 5.48 Å². The van der Waals surface area contributed by atoms with Gasteiger partial charge in [0.2, 0.25) is 0 Å². The summed E-state index contributed by atoms with van der Waals surface area (Å²) in [7, 11) is 1.71. The van der Waals surface area contributed by atoms with Gasteiger partial charge in [-0.1, -0.05) is 12.8 Å². The van der Waals surface area contributed by atoms with Crippen molar-refractivity contribution in [3.05, 3.63) is 0 Å². The predicted molar refractivity (Wildman–Crippen MR) is 40.9 cm³/mol. The van der Waals surface area contributed by atoms with Crippen LogP contribution in [0, 0.1) is 0 Å². The molecule has 0 aliphatic heterocycles. The van der Waals surface area contributed by atoms with E-state index in [1.54, 1.807) is 13.4 Å². The highest BCUT2D eigenvalue weighted by Crippen LogP contribution is 2.19. The summed E-state index contributed by atoms with van der Waals surface area (Å²) in [6.45, 7) is 0. The maximum absolute atomic E-state index is 5.24. The molecular formula is C7H14N2O. The van der Waals surface area contributed by atoms with Gasteiger partial charge in [0.25, 0.3) is 0 Å². The van der Waals surface area contributed by atoms with Gasteiger partial charge < -0.3 is 0 Å². The van der Waals surface area contributed by atoms with Gasteiger partial charge in [0.05, 0.1) is 6.10 Å². The smallest absolute Gasteiger partial charge is 0.106 e. The van der Waals surface area contributed by atoms with Crippen molar-refractivity contribution in [3.63, 3.8) is 0 Å². The van der Waals surface area contributed by atoms with Gasteiger partial charge in [0.1, 0.15) is 6.34 Å². The maximum Gasteiger partial charge on any atom is 0.106 e. The largest absolute Gasteiger partial charge is 0.277 e. The van der Waals surface area contributed by atoms with E-state index in [0.29, 0.717) is 6.10 Å². The Morgan fingerprint density at radius 1 is 1.50 bits per heavy atom. The Hall–Kier alpha value is -0.570. The molecule has 1 saturated carbocycles. The van der Waals surface area contributed by atoms with Crippen LogP contribution in [-0.2, 0) is 4.84 Å². The van der Waals surface area contributed by atoms with Crippen LogP contribution in [0.1, 0.15) is 25.7 Å². The average Bonchev–Trinajstić information content (AvgIpc) is 2.41. The highest BCUT2D eigenvalue weighted by atomic mass is 16.7. The highest BCUT2D eigenvalue weighted by molar-refractivity contribution is 5.52. The molecule has 10 heavy (non-hydrogen) atoms. The lowest BCUT2D eigenvalue weighted by Crippen LogP contribution is -2.19. The molecule has 0 aromatic rings. The molecule has 58 valence electrons. The van der Waals surface area contributed by atoms with Crippen molar-refractivity contribution < 1.29 is 4.84 Å². The zero-order valence-corrected chi connectivity index (χ0v) is 6.34. The molecule has 1 fully saturated rings. The van der Waals surface area contributed by atoms with Crippen molar-refractivity contribution in [2.75, 3.05) is 7.05 Å². The van der Waals surface area contributed by atoms with Gasteiger partial charge in [0.15, 0.2) is 0 Å². The quantitative estimate of drug-likeness (QED) is 0.364. The number of rotatable bonds is 3. The van der Waals surface area contributed by atoms with Gasteiger partial charge in [-0.2, -0.15) is 0 Å². The van der Waals surface area contributed by atoms with Gasteiger partial charge >= 0.3 is 0 Å². The van der Waals surface area contributed by atoms with E-state index >= 15 is 0 Å². The van der Waals surface area contributed by atoms with Crippen molar-refractivity contribution in [1.82, 2.24) is 5.48 Å². The van der Waals surface area contributed by atoms with Crippen molar-refractivity contribution in [1.29, 1.82) is 0 Å². The summed E-state index contributed by atoms with van der Waals surface area (Å²) in [5.74, 6) is 0. The van der Waals surface area contributed by atoms with Crippen molar-refractivity contribution in [3.8, 4) is 0 Å². The van der Waals surface area contributed by atoms with E-state index in [1.165, 1.54) is 25.7 Å². The molecule has 0 aromatic heterocycles. The molecule has 1 N–H and O–H groups in total. The molecule has 0 amide bonds. The average molecular weight is 142 g/mol. The van der Waals surface area contributed by atoms with Crippen LogP contribution in [0.2, 0.25) is 0 Å². The lowest BCUT2D eigenvalue weighted by Gasteiger charge is -2.07. The Morgan fingerprint density at radius 3 is 2.80 bits per heavy atom. The van der Waals surface area contributed by atoms with E-state index in [-0.39, 0.29) is 0 Å². The number of nitrogens with zero attached hydrogens (tertiary/aromatic N) is 1. The van der Waals surface area contributed by atoms with Gasteiger partial charge in [0, 0.05) is 7.05 Å². The van der Waals surface area contributed by atoms with Crippen molar-refractivity contribution in [2.45, 2.75) is 31.8 Å². The highest BCUT2D eigenvalue weighted by Gasteiger charge is 2.14. The SMILES string of the molecule is CN=CNOC1CCCC1. The summed E-state index contributed by atoms with van der Waals surface area (Å²) in [5, 5.41) is 0. The summed E-state index contributed by atoms with van der Waals surface area (Å²) in [4.78, 5) is 8.98. The first kappa shape index (κ1) is 7.54. The summed E-state index contributed by atoms with van der Waals surface area (Å²) >= 11 is 0. The molecule has 0 heterocycles. The number of hydrogen-bond donors (Lipinski definition) is 1. The Balaban J connectivity index is 2.01. The molecule has 0 unspecified atom stereocenters. The second kappa shape index (κ2) is 4.28. The molecule has 0 atom stereocenters. The molecule has 0 bridgehead atoms. The first-order valence-electron chi connectivity index (χ1n) is 3.75. The Bertz CT molecular complexity index is 108. The summed E-state index contributed by atoms with van der Waals surface area (Å²) in [5.41, 5.74) is 2.69. The third-order valence-corrected chi connectivity index (χ3v) is 1.72. The van der Waals surface area contributed by atoms with Gasteiger partial charge in [-0.05, 0) is 12.8 Å². The van der Waals surface area contributed by atoms with Gasteiger partial charge in [-0.15, -0.1) is 0 Å². The van der Waals surface area contributed by atoms with Crippen LogP contribution in [0.5, 0.6) is 0 Å². The second-order valence-electron chi connectivity index (χ2n) is 2.53. The Morgan fingerprint density at radius 2 is 2.20 bits per heavy atom. The standard InChI is InChI=1S/C7H14N2O/c1-8-6-9-10-7-4-2-3-5-7/h6-7H,2-5H2,1H3,(H,8,9). The van der Waals surface area contributed by atoms with Gasteiger partial charge in [-0.3, -0.25) is 15.3 Å². The van der Waals surface area contributed by atoms with E-state index < -0.39 is 0 Å². The molecule has 3 nitrogen and oxygen atoms in total. The molecule has 0 radical (unpaired) electrons. The van der Waals surface area contributed by atoms with Crippen molar-refractivity contribution in [2.24, 2.45) is 4.99 Å². The minimum Gasteiger partial charge on any atom is -0.277 e. The third kappa shape index (κ3) is 2.35. The fourth-order valence-corrected chi connectivity index (χ4v) is 1.19. The maximum atomic E-state index is 5.24. The zero-order valence-electron chi connectivity index (χ0n) is 6.34. The van der Waals surface area contributed by atoms with E-state index in [2.05, 4.69) is 10.5 Å². The monoisotopic (exact) mass is 142 g/mol. The number of nitrogens with one attached hydrogen (secondary N) is 1. The summed E-state index contributed by atoms with van der Waals surface area (Å²) in [6.07, 6.45) is 6.96. The van der Waals surface area contributed by atoms with E-state index in [4.69, 9.17) is 4.84 Å². The molecule has 1 rings (SSSR count). The molecule has 1 aliphatic rings. The molecular weight excluding hydrogens is 128 g/mol. The predicted octanol–water partition coefficient (Wildman–Crippen LogP) is 1.11. The topological polar surface area (TPSA) is 33.6 Å². The normalized spacial score (nSPS) is 20.5. The Kier molecular flexibility index (Phi) is 3.22. The van der Waals surface area contributed by atoms with E-state index in [9.17, 15) is 0 Å². The molecule has 3 heteroatoms. The van der Waals surface area contributed by atoms with Crippen LogP contribution in [-0.4, -0.2) is 19.5 Å². The van der Waals surface area contributed by atoms with Gasteiger partial charge in [-0.25, -0.2) is 0 Å². The molecule has 0 saturated heterocycles. The van der Waals surface area contributed by atoms with Crippen LogP contribution in [0.15, 0.2) is 4.99 Å². The van der Waals surface area contributed by atoms with Crippen LogP contribution in [0.4, 0.5) is 0 Å². The lowest BCUT2D eigenvalue weighted by atomic mass is 10.3. The number of hydroxylamine groups is 1. The lowest BCUT2D eigenvalue weighted by molar-refractivity contribution is 0.0176.